The Hall–Kier alpha value is -2.74. The molecule has 0 spiro atoms. The number of carbonyl (C=O) groups excluding carboxylic acids is 1. The van der Waals surface area contributed by atoms with Gasteiger partial charge in [0, 0.05) is 25.2 Å². The summed E-state index contributed by atoms with van der Waals surface area (Å²) in [6, 6.07) is 9.74. The Kier molecular flexibility index (Phi) is 5.55. The molecule has 0 aromatic heterocycles. The summed E-state index contributed by atoms with van der Waals surface area (Å²) in [7, 11) is 0. The van der Waals surface area contributed by atoms with Crippen LogP contribution in [-0.4, -0.2) is 35.7 Å². The van der Waals surface area contributed by atoms with Gasteiger partial charge in [0.05, 0.1) is 12.2 Å². The van der Waals surface area contributed by atoms with Gasteiger partial charge in [0.25, 0.3) is 0 Å². The summed E-state index contributed by atoms with van der Waals surface area (Å²) in [4.78, 5) is 13.7. The van der Waals surface area contributed by atoms with Crippen molar-refractivity contribution in [2.24, 2.45) is 0 Å². The topological polar surface area (TPSA) is 61.8 Å². The molecule has 1 aliphatic heterocycles. The van der Waals surface area contributed by atoms with Crippen LogP contribution < -0.4 is 10.1 Å². The van der Waals surface area contributed by atoms with Crippen molar-refractivity contribution in [3.63, 3.8) is 0 Å². The van der Waals surface area contributed by atoms with Crippen LogP contribution in [-0.2, 0) is 19.1 Å². The molecule has 0 fully saturated rings. The normalized spacial score (nSPS) is 13.9. The number of fused-ring (bicyclic) bond motifs is 1. The monoisotopic (exact) mass is 380 g/mol. The number of amides is 2. The first-order valence-corrected chi connectivity index (χ1v) is 8.48. The Morgan fingerprint density at radius 3 is 2.59 bits per heavy atom. The van der Waals surface area contributed by atoms with E-state index in [1.807, 2.05) is 6.07 Å². The summed E-state index contributed by atoms with van der Waals surface area (Å²) in [5, 5.41) is 11.4. The van der Waals surface area contributed by atoms with Crippen LogP contribution in [0.5, 0.6) is 11.5 Å². The Bertz CT molecular complexity index is 807. The van der Waals surface area contributed by atoms with Gasteiger partial charge in [0.15, 0.2) is 0 Å². The smallest absolute Gasteiger partial charge is 0.416 e. The standard InChI is InChI=1S/C19H19F3N2O3/c20-19(21,22)14-4-6-15(7-5-14)27-17-3-1-2-13-12-24(10-8-16(13)17)18(26)23-9-11-25/h1-7,25H,8-12H2,(H,23,26). The fourth-order valence-electron chi connectivity index (χ4n) is 2.96. The van der Waals surface area contributed by atoms with Crippen molar-refractivity contribution < 1.29 is 27.8 Å². The molecule has 2 N–H and O–H groups in total. The number of nitrogens with one attached hydrogen (secondary N) is 1. The molecule has 0 radical (unpaired) electrons. The van der Waals surface area contributed by atoms with Crippen LogP contribution in [0.25, 0.3) is 0 Å². The van der Waals surface area contributed by atoms with E-state index in [0.29, 0.717) is 31.0 Å². The lowest BCUT2D eigenvalue weighted by Gasteiger charge is -2.30. The Labute approximate surface area is 154 Å². The fraction of sp³-hybridized carbons (Fsp3) is 0.316. The zero-order valence-corrected chi connectivity index (χ0v) is 14.4. The lowest BCUT2D eigenvalue weighted by Crippen LogP contribution is -2.43. The third-order valence-corrected chi connectivity index (χ3v) is 4.31. The highest BCUT2D eigenvalue weighted by Gasteiger charge is 2.30. The summed E-state index contributed by atoms with van der Waals surface area (Å²) in [5.41, 5.74) is 1.13. The molecule has 8 heteroatoms. The summed E-state index contributed by atoms with van der Waals surface area (Å²) in [5.74, 6) is 0.891. The van der Waals surface area contributed by atoms with Crippen LogP contribution in [0.2, 0.25) is 0 Å². The number of carbonyl (C=O) groups is 1. The van der Waals surface area contributed by atoms with Crippen LogP contribution in [0.1, 0.15) is 16.7 Å². The Balaban J connectivity index is 1.73. The summed E-state index contributed by atoms with van der Waals surface area (Å²) < 4.78 is 43.8. The molecule has 0 bridgehead atoms. The van der Waals surface area contributed by atoms with Crippen molar-refractivity contribution in [3.8, 4) is 11.5 Å². The van der Waals surface area contributed by atoms with Gasteiger partial charge in [0.2, 0.25) is 0 Å². The second-order valence-electron chi connectivity index (χ2n) is 6.15. The minimum atomic E-state index is -4.38. The van der Waals surface area contributed by atoms with Crippen LogP contribution in [0.15, 0.2) is 42.5 Å². The molecular weight excluding hydrogens is 361 g/mol. The molecule has 2 amide bonds. The second-order valence-corrected chi connectivity index (χ2v) is 6.15. The first-order chi connectivity index (χ1) is 12.9. The van der Waals surface area contributed by atoms with Crippen molar-refractivity contribution in [1.82, 2.24) is 10.2 Å². The number of urea groups is 1. The van der Waals surface area contributed by atoms with E-state index in [0.717, 1.165) is 23.3 Å². The highest BCUT2D eigenvalue weighted by molar-refractivity contribution is 5.74. The van der Waals surface area contributed by atoms with Crippen LogP contribution in [0.4, 0.5) is 18.0 Å². The Morgan fingerprint density at radius 1 is 1.19 bits per heavy atom. The molecule has 0 unspecified atom stereocenters. The Morgan fingerprint density at radius 2 is 1.93 bits per heavy atom. The molecule has 1 aliphatic rings. The van der Waals surface area contributed by atoms with Crippen LogP contribution >= 0.6 is 0 Å². The van der Waals surface area contributed by atoms with Gasteiger partial charge in [-0.1, -0.05) is 12.1 Å². The van der Waals surface area contributed by atoms with Gasteiger partial charge in [0.1, 0.15) is 11.5 Å². The summed E-state index contributed by atoms with van der Waals surface area (Å²) >= 11 is 0. The molecule has 3 rings (SSSR count). The number of hydrogen-bond donors (Lipinski definition) is 2. The molecule has 27 heavy (non-hydrogen) atoms. The van der Waals surface area contributed by atoms with Gasteiger partial charge in [-0.3, -0.25) is 0 Å². The minimum Gasteiger partial charge on any atom is -0.457 e. The van der Waals surface area contributed by atoms with E-state index in [-0.39, 0.29) is 19.2 Å². The quantitative estimate of drug-likeness (QED) is 0.853. The third-order valence-electron chi connectivity index (χ3n) is 4.31. The van der Waals surface area contributed by atoms with Crippen molar-refractivity contribution in [3.05, 3.63) is 59.2 Å². The molecule has 0 saturated heterocycles. The summed E-state index contributed by atoms with van der Waals surface area (Å²) in [6.07, 6.45) is -3.82. The molecule has 0 saturated carbocycles. The van der Waals surface area contributed by atoms with Gasteiger partial charge < -0.3 is 20.1 Å². The van der Waals surface area contributed by atoms with E-state index in [1.165, 1.54) is 12.1 Å². The average molecular weight is 380 g/mol. The van der Waals surface area contributed by atoms with Crippen molar-refractivity contribution in [2.45, 2.75) is 19.1 Å². The fourth-order valence-corrected chi connectivity index (χ4v) is 2.96. The molecule has 0 atom stereocenters. The van der Waals surface area contributed by atoms with Gasteiger partial charge in [-0.2, -0.15) is 13.2 Å². The number of alkyl halides is 3. The maximum Gasteiger partial charge on any atom is 0.416 e. The lowest BCUT2D eigenvalue weighted by atomic mass is 9.99. The number of ether oxygens (including phenoxy) is 1. The predicted octanol–water partition coefficient (Wildman–Crippen LogP) is 3.56. The van der Waals surface area contributed by atoms with E-state index in [4.69, 9.17) is 9.84 Å². The van der Waals surface area contributed by atoms with Crippen LogP contribution in [0, 0.1) is 0 Å². The first-order valence-electron chi connectivity index (χ1n) is 8.48. The number of nitrogens with zero attached hydrogens (tertiary/aromatic N) is 1. The molecule has 0 aliphatic carbocycles. The average Bonchev–Trinajstić information content (AvgIpc) is 2.65. The maximum atomic E-state index is 12.7. The molecule has 2 aromatic rings. The van der Waals surface area contributed by atoms with Crippen molar-refractivity contribution in [2.75, 3.05) is 19.7 Å². The molecular formula is C19H19F3N2O3. The summed E-state index contributed by atoms with van der Waals surface area (Å²) in [6.45, 7) is 0.953. The molecule has 5 nitrogen and oxygen atoms in total. The SMILES string of the molecule is O=C(NCCO)N1CCc2c(cccc2Oc2ccc(C(F)(F)F)cc2)C1. The van der Waals surface area contributed by atoms with Gasteiger partial charge in [-0.25, -0.2) is 4.79 Å². The predicted molar refractivity (Wildman–Crippen MR) is 92.6 cm³/mol. The van der Waals surface area contributed by atoms with Gasteiger partial charge in [-0.15, -0.1) is 0 Å². The zero-order valence-electron chi connectivity index (χ0n) is 14.4. The van der Waals surface area contributed by atoms with E-state index in [9.17, 15) is 18.0 Å². The molecule has 144 valence electrons. The number of aliphatic hydroxyl groups excluding tert-OH is 1. The largest absolute Gasteiger partial charge is 0.457 e. The first kappa shape index (κ1) is 19.0. The molecule has 1 heterocycles. The van der Waals surface area contributed by atoms with E-state index in [1.54, 1.807) is 17.0 Å². The van der Waals surface area contributed by atoms with E-state index in [2.05, 4.69) is 5.32 Å². The highest BCUT2D eigenvalue weighted by Crippen LogP contribution is 2.34. The lowest BCUT2D eigenvalue weighted by molar-refractivity contribution is -0.137. The van der Waals surface area contributed by atoms with Crippen molar-refractivity contribution >= 4 is 6.03 Å². The number of aliphatic hydroxyl groups is 1. The van der Waals surface area contributed by atoms with E-state index < -0.39 is 11.7 Å². The number of halogens is 3. The van der Waals surface area contributed by atoms with Gasteiger partial charge >= 0.3 is 12.2 Å². The van der Waals surface area contributed by atoms with Crippen LogP contribution in [0.3, 0.4) is 0 Å². The number of hydrogen-bond acceptors (Lipinski definition) is 3. The van der Waals surface area contributed by atoms with E-state index >= 15 is 0 Å². The second kappa shape index (κ2) is 7.87. The third kappa shape index (κ3) is 4.51. The highest BCUT2D eigenvalue weighted by atomic mass is 19.4. The number of rotatable bonds is 4. The molecule has 2 aromatic carbocycles. The van der Waals surface area contributed by atoms with Crippen molar-refractivity contribution in [1.29, 1.82) is 0 Å². The maximum absolute atomic E-state index is 12.7. The minimum absolute atomic E-state index is 0.124. The number of benzene rings is 2. The van der Waals surface area contributed by atoms with Gasteiger partial charge in [-0.05, 0) is 42.3 Å². The zero-order chi connectivity index (χ0) is 19.4.